The minimum absolute atomic E-state index is 0.105. The summed E-state index contributed by atoms with van der Waals surface area (Å²) in [6, 6.07) is 8.81. The molecule has 2 aromatic carbocycles. The number of hydrogen-bond acceptors (Lipinski definition) is 4. The van der Waals surface area contributed by atoms with E-state index in [-0.39, 0.29) is 11.3 Å². The lowest BCUT2D eigenvalue weighted by Crippen LogP contribution is -2.03. The van der Waals surface area contributed by atoms with Crippen molar-refractivity contribution in [1.82, 2.24) is 0 Å². The second-order valence-electron chi connectivity index (χ2n) is 4.11. The summed E-state index contributed by atoms with van der Waals surface area (Å²) in [7, 11) is 1.21. The lowest BCUT2D eigenvalue weighted by molar-refractivity contribution is -0.384. The van der Waals surface area contributed by atoms with Gasteiger partial charge in [-0.1, -0.05) is 29.3 Å². The third kappa shape index (κ3) is 3.15. The SMILES string of the molecule is COC(=O)c1ccc(-c2ccc(Cl)c(Cl)c2)c([N+](=O)[O-])c1. The molecule has 0 atom stereocenters. The van der Waals surface area contributed by atoms with Gasteiger partial charge in [0, 0.05) is 6.07 Å². The van der Waals surface area contributed by atoms with Crippen LogP contribution in [0.2, 0.25) is 10.0 Å². The summed E-state index contributed by atoms with van der Waals surface area (Å²) in [6.07, 6.45) is 0. The van der Waals surface area contributed by atoms with Gasteiger partial charge in [0.2, 0.25) is 0 Å². The fourth-order valence-corrected chi connectivity index (χ4v) is 2.13. The Kier molecular flexibility index (Phi) is 4.45. The number of esters is 1. The van der Waals surface area contributed by atoms with Gasteiger partial charge < -0.3 is 4.74 Å². The van der Waals surface area contributed by atoms with Crippen LogP contribution in [0, 0.1) is 10.1 Å². The van der Waals surface area contributed by atoms with Crippen LogP contribution in [0.3, 0.4) is 0 Å². The Bertz CT molecular complexity index is 731. The second kappa shape index (κ2) is 6.11. The van der Waals surface area contributed by atoms with E-state index in [0.29, 0.717) is 21.2 Å². The molecule has 0 spiro atoms. The van der Waals surface area contributed by atoms with Crippen LogP contribution in [0.5, 0.6) is 0 Å². The number of hydrogen-bond donors (Lipinski definition) is 0. The van der Waals surface area contributed by atoms with Gasteiger partial charge in [-0.05, 0) is 29.8 Å². The van der Waals surface area contributed by atoms with Gasteiger partial charge in [-0.2, -0.15) is 0 Å². The minimum atomic E-state index is -0.640. The highest BCUT2D eigenvalue weighted by Crippen LogP contribution is 2.34. The van der Waals surface area contributed by atoms with E-state index in [1.807, 2.05) is 0 Å². The van der Waals surface area contributed by atoms with Crippen molar-refractivity contribution in [2.24, 2.45) is 0 Å². The monoisotopic (exact) mass is 325 g/mol. The molecule has 0 aliphatic carbocycles. The molecule has 0 unspecified atom stereocenters. The van der Waals surface area contributed by atoms with Crippen LogP contribution in [0.15, 0.2) is 36.4 Å². The number of carbonyl (C=O) groups is 1. The van der Waals surface area contributed by atoms with Crippen LogP contribution in [0.1, 0.15) is 10.4 Å². The maximum Gasteiger partial charge on any atom is 0.338 e. The minimum Gasteiger partial charge on any atom is -0.465 e. The fourth-order valence-electron chi connectivity index (χ4n) is 1.84. The molecule has 5 nitrogen and oxygen atoms in total. The van der Waals surface area contributed by atoms with Crippen LogP contribution in [-0.2, 0) is 4.74 Å². The average Bonchev–Trinajstić information content (AvgIpc) is 2.48. The Labute approximate surface area is 130 Å². The molecule has 0 saturated heterocycles. The lowest BCUT2D eigenvalue weighted by Gasteiger charge is -2.06. The van der Waals surface area contributed by atoms with Gasteiger partial charge in [0.1, 0.15) is 0 Å². The Morgan fingerprint density at radius 1 is 1.14 bits per heavy atom. The van der Waals surface area contributed by atoms with Crippen molar-refractivity contribution in [1.29, 1.82) is 0 Å². The van der Waals surface area contributed by atoms with Crippen molar-refractivity contribution in [3.05, 3.63) is 62.1 Å². The zero-order valence-electron chi connectivity index (χ0n) is 10.8. The highest BCUT2D eigenvalue weighted by atomic mass is 35.5. The summed E-state index contributed by atoms with van der Waals surface area (Å²) < 4.78 is 4.55. The van der Waals surface area contributed by atoms with Gasteiger partial charge >= 0.3 is 5.97 Å². The number of nitro groups is 1. The van der Waals surface area contributed by atoms with Crippen molar-refractivity contribution in [3.63, 3.8) is 0 Å². The van der Waals surface area contributed by atoms with E-state index in [4.69, 9.17) is 23.2 Å². The molecule has 0 bridgehead atoms. The second-order valence-corrected chi connectivity index (χ2v) is 4.92. The van der Waals surface area contributed by atoms with Crippen molar-refractivity contribution in [3.8, 4) is 11.1 Å². The molecule has 0 aliphatic heterocycles. The molecule has 7 heteroatoms. The molecule has 0 N–H and O–H groups in total. The first-order chi connectivity index (χ1) is 9.93. The molecule has 2 rings (SSSR count). The molecule has 2 aromatic rings. The summed E-state index contributed by atoms with van der Waals surface area (Å²) in [5.74, 6) is -0.640. The van der Waals surface area contributed by atoms with E-state index < -0.39 is 10.9 Å². The van der Waals surface area contributed by atoms with Crippen LogP contribution < -0.4 is 0 Å². The Balaban J connectivity index is 2.60. The largest absolute Gasteiger partial charge is 0.465 e. The van der Waals surface area contributed by atoms with Crippen LogP contribution in [0.4, 0.5) is 5.69 Å². The summed E-state index contributed by atoms with van der Waals surface area (Å²) >= 11 is 11.8. The number of benzene rings is 2. The summed E-state index contributed by atoms with van der Waals surface area (Å²) in [4.78, 5) is 22.1. The lowest BCUT2D eigenvalue weighted by atomic mass is 10.0. The van der Waals surface area contributed by atoms with Gasteiger partial charge in [-0.3, -0.25) is 10.1 Å². The molecule has 0 aliphatic rings. The van der Waals surface area contributed by atoms with Gasteiger partial charge in [-0.25, -0.2) is 4.79 Å². The van der Waals surface area contributed by atoms with E-state index in [1.165, 1.54) is 31.4 Å². The van der Waals surface area contributed by atoms with E-state index in [2.05, 4.69) is 4.74 Å². The summed E-state index contributed by atoms with van der Waals surface area (Å²) in [5.41, 5.74) is 0.767. The number of carbonyl (C=O) groups excluding carboxylic acids is 1. The van der Waals surface area contributed by atoms with Crippen molar-refractivity contribution in [2.75, 3.05) is 7.11 Å². The Morgan fingerprint density at radius 3 is 2.43 bits per heavy atom. The van der Waals surface area contributed by atoms with Crippen LogP contribution >= 0.6 is 23.2 Å². The fraction of sp³-hybridized carbons (Fsp3) is 0.0714. The highest BCUT2D eigenvalue weighted by Gasteiger charge is 2.19. The van der Waals surface area contributed by atoms with Gasteiger partial charge in [0.25, 0.3) is 5.69 Å². The molecule has 0 heterocycles. The normalized spacial score (nSPS) is 10.2. The topological polar surface area (TPSA) is 69.4 Å². The number of nitro benzene ring substituents is 1. The standard InChI is InChI=1S/C14H9Cl2NO4/c1-21-14(18)9-2-4-10(13(7-9)17(19)20)8-3-5-11(15)12(16)6-8/h2-7H,1H3. The summed E-state index contributed by atoms with van der Waals surface area (Å²) in [6.45, 7) is 0. The van der Waals surface area contributed by atoms with E-state index >= 15 is 0 Å². The van der Waals surface area contributed by atoms with Crippen LogP contribution in [0.25, 0.3) is 11.1 Å². The van der Waals surface area contributed by atoms with Gasteiger partial charge in [0.15, 0.2) is 0 Å². The third-order valence-corrected chi connectivity index (χ3v) is 3.59. The van der Waals surface area contributed by atoms with Crippen molar-refractivity contribution in [2.45, 2.75) is 0 Å². The van der Waals surface area contributed by atoms with Gasteiger partial charge in [-0.15, -0.1) is 0 Å². The molecule has 0 radical (unpaired) electrons. The number of methoxy groups -OCH3 is 1. The van der Waals surface area contributed by atoms with E-state index in [0.717, 1.165) is 0 Å². The highest BCUT2D eigenvalue weighted by molar-refractivity contribution is 6.42. The van der Waals surface area contributed by atoms with Crippen LogP contribution in [-0.4, -0.2) is 18.0 Å². The number of halogens is 2. The smallest absolute Gasteiger partial charge is 0.338 e. The first-order valence-corrected chi connectivity index (χ1v) is 6.52. The van der Waals surface area contributed by atoms with E-state index in [1.54, 1.807) is 12.1 Å². The molecular formula is C14H9Cl2NO4. The first-order valence-electron chi connectivity index (χ1n) is 5.76. The number of nitrogens with zero attached hydrogens (tertiary/aromatic N) is 1. The summed E-state index contributed by atoms with van der Waals surface area (Å²) in [5, 5.41) is 11.9. The Morgan fingerprint density at radius 2 is 1.86 bits per heavy atom. The molecule has 108 valence electrons. The van der Waals surface area contributed by atoms with E-state index in [9.17, 15) is 14.9 Å². The Hall–Kier alpha value is -2.11. The van der Waals surface area contributed by atoms with Gasteiger partial charge in [0.05, 0.1) is 33.2 Å². The molecule has 21 heavy (non-hydrogen) atoms. The van der Waals surface area contributed by atoms with Crippen molar-refractivity contribution >= 4 is 34.9 Å². The van der Waals surface area contributed by atoms with Crippen molar-refractivity contribution < 1.29 is 14.5 Å². The quantitative estimate of drug-likeness (QED) is 0.477. The predicted octanol–water partition coefficient (Wildman–Crippen LogP) is 4.36. The molecule has 0 saturated carbocycles. The maximum absolute atomic E-state index is 11.5. The molecule has 0 amide bonds. The molecular weight excluding hydrogens is 317 g/mol. The molecule has 0 fully saturated rings. The zero-order valence-corrected chi connectivity index (χ0v) is 12.3. The predicted molar refractivity (Wildman–Crippen MR) is 79.9 cm³/mol. The zero-order chi connectivity index (χ0) is 15.6. The number of ether oxygens (including phenoxy) is 1. The molecule has 0 aromatic heterocycles. The first kappa shape index (κ1) is 15.3. The number of rotatable bonds is 3. The maximum atomic E-state index is 11.5. The average molecular weight is 326 g/mol. The third-order valence-electron chi connectivity index (χ3n) is 2.85.